The van der Waals surface area contributed by atoms with Gasteiger partial charge in [0.1, 0.15) is 6.04 Å². The molecule has 0 N–H and O–H groups in total. The van der Waals surface area contributed by atoms with Crippen molar-refractivity contribution < 1.29 is 14.4 Å². The van der Waals surface area contributed by atoms with E-state index in [4.69, 9.17) is 0 Å². The maximum absolute atomic E-state index is 12.5. The van der Waals surface area contributed by atoms with Crippen molar-refractivity contribution in [3.63, 3.8) is 0 Å². The highest BCUT2D eigenvalue weighted by molar-refractivity contribution is 6.05. The van der Waals surface area contributed by atoms with Crippen LogP contribution in [-0.4, -0.2) is 94.9 Å². The van der Waals surface area contributed by atoms with E-state index in [-0.39, 0.29) is 24.3 Å². The zero-order valence-corrected chi connectivity index (χ0v) is 14.8. The molecular weight excluding hydrogens is 322 g/mol. The van der Waals surface area contributed by atoms with Crippen molar-refractivity contribution in [3.05, 3.63) is 24.5 Å². The molecule has 2 fully saturated rings. The van der Waals surface area contributed by atoms with E-state index < -0.39 is 6.04 Å². The summed E-state index contributed by atoms with van der Waals surface area (Å²) in [6.07, 6.45) is 4.16. The van der Waals surface area contributed by atoms with Gasteiger partial charge in [-0.1, -0.05) is 0 Å². The van der Waals surface area contributed by atoms with Crippen LogP contribution < -0.4 is 0 Å². The van der Waals surface area contributed by atoms with Crippen molar-refractivity contribution in [2.75, 3.05) is 46.8 Å². The van der Waals surface area contributed by atoms with Crippen molar-refractivity contribution in [2.45, 2.75) is 19.0 Å². The van der Waals surface area contributed by atoms with E-state index in [0.717, 1.165) is 31.1 Å². The summed E-state index contributed by atoms with van der Waals surface area (Å²) < 4.78 is 2.15. The first kappa shape index (κ1) is 17.5. The zero-order chi connectivity index (χ0) is 18.0. The Morgan fingerprint density at radius 1 is 1.04 bits per heavy atom. The lowest BCUT2D eigenvalue weighted by atomic mass is 10.1. The van der Waals surface area contributed by atoms with Crippen molar-refractivity contribution in [1.82, 2.24) is 24.2 Å². The number of hydrogen-bond acceptors (Lipinski definition) is 4. The molecule has 0 saturated carbocycles. The number of hydrogen-bond donors (Lipinski definition) is 0. The van der Waals surface area contributed by atoms with Gasteiger partial charge in [-0.2, -0.15) is 0 Å². The summed E-state index contributed by atoms with van der Waals surface area (Å²) in [5.74, 6) is -0.357. The lowest BCUT2D eigenvalue weighted by molar-refractivity contribution is -0.137. The predicted octanol–water partition coefficient (Wildman–Crippen LogP) is -0.0852. The summed E-state index contributed by atoms with van der Waals surface area (Å²) in [6.45, 7) is 4.90. The van der Waals surface area contributed by atoms with E-state index in [0.29, 0.717) is 13.1 Å². The monoisotopic (exact) mass is 347 g/mol. The van der Waals surface area contributed by atoms with Gasteiger partial charge in [0.15, 0.2) is 0 Å². The van der Waals surface area contributed by atoms with Gasteiger partial charge in [-0.15, -0.1) is 0 Å². The van der Waals surface area contributed by atoms with Crippen molar-refractivity contribution >= 4 is 17.8 Å². The van der Waals surface area contributed by atoms with Crippen molar-refractivity contribution in [1.29, 1.82) is 0 Å². The minimum Gasteiger partial charge on any atom is -0.353 e. The number of amides is 4. The third-order valence-electron chi connectivity index (χ3n) is 5.11. The smallest absolute Gasteiger partial charge is 0.326 e. The van der Waals surface area contributed by atoms with Crippen LogP contribution in [0.4, 0.5) is 4.79 Å². The average molecular weight is 347 g/mol. The normalized spacial score (nSPS) is 22.2. The Morgan fingerprint density at radius 2 is 1.68 bits per heavy atom. The Kier molecular flexibility index (Phi) is 5.08. The quantitative estimate of drug-likeness (QED) is 0.699. The Hall–Kier alpha value is -2.35. The molecule has 4 amide bonds. The second kappa shape index (κ2) is 7.26. The van der Waals surface area contributed by atoms with Crippen LogP contribution in [0.1, 0.15) is 6.42 Å². The number of urea groups is 1. The number of likely N-dealkylation sites (N-methyl/N-ethyl adjacent to an activating group) is 2. The fourth-order valence-electron chi connectivity index (χ4n) is 3.37. The maximum Gasteiger partial charge on any atom is 0.326 e. The van der Waals surface area contributed by atoms with Gasteiger partial charge in [0, 0.05) is 65.8 Å². The third-order valence-corrected chi connectivity index (χ3v) is 5.11. The number of piperazine rings is 1. The van der Waals surface area contributed by atoms with Crippen LogP contribution in [0.25, 0.3) is 0 Å². The highest BCUT2D eigenvalue weighted by Gasteiger charge is 2.42. The minimum atomic E-state index is -0.670. The first-order chi connectivity index (χ1) is 12.0. The largest absolute Gasteiger partial charge is 0.353 e. The van der Waals surface area contributed by atoms with Crippen molar-refractivity contribution in [2.24, 2.45) is 0 Å². The number of carbonyl (C=O) groups is 3. The van der Waals surface area contributed by atoms with E-state index in [9.17, 15) is 14.4 Å². The molecule has 136 valence electrons. The SMILES string of the molecule is CN1C(=O)[C@@H](CC(=O)N2CCN(CCn3cccc3)CC2)N(C)C1=O. The van der Waals surface area contributed by atoms with Crippen LogP contribution in [-0.2, 0) is 16.1 Å². The van der Waals surface area contributed by atoms with Crippen LogP contribution in [0.5, 0.6) is 0 Å². The van der Waals surface area contributed by atoms with Gasteiger partial charge in [-0.3, -0.25) is 19.4 Å². The summed E-state index contributed by atoms with van der Waals surface area (Å²) >= 11 is 0. The van der Waals surface area contributed by atoms with Crippen LogP contribution >= 0.6 is 0 Å². The summed E-state index contributed by atoms with van der Waals surface area (Å²) in [7, 11) is 3.02. The minimum absolute atomic E-state index is 0.0571. The molecule has 1 atom stereocenters. The second-order valence-electron chi connectivity index (χ2n) is 6.65. The number of aromatic nitrogens is 1. The van der Waals surface area contributed by atoms with Gasteiger partial charge in [0.05, 0.1) is 6.42 Å². The lowest BCUT2D eigenvalue weighted by Gasteiger charge is -2.35. The molecule has 0 aromatic carbocycles. The fraction of sp³-hybridized carbons (Fsp3) is 0.588. The van der Waals surface area contributed by atoms with E-state index >= 15 is 0 Å². The molecule has 2 aliphatic rings. The highest BCUT2D eigenvalue weighted by Crippen LogP contribution is 2.18. The summed E-state index contributed by atoms with van der Waals surface area (Å²) in [5.41, 5.74) is 0. The van der Waals surface area contributed by atoms with Gasteiger partial charge in [0.25, 0.3) is 5.91 Å². The molecule has 25 heavy (non-hydrogen) atoms. The van der Waals surface area contributed by atoms with Crippen molar-refractivity contribution in [3.8, 4) is 0 Å². The van der Waals surface area contributed by atoms with E-state index in [1.165, 1.54) is 11.9 Å². The van der Waals surface area contributed by atoms with E-state index in [2.05, 4.69) is 9.47 Å². The molecule has 8 heteroatoms. The van der Waals surface area contributed by atoms with Gasteiger partial charge in [0.2, 0.25) is 5.91 Å². The Morgan fingerprint density at radius 3 is 2.24 bits per heavy atom. The van der Waals surface area contributed by atoms with E-state index in [1.54, 1.807) is 11.9 Å². The van der Waals surface area contributed by atoms with Gasteiger partial charge in [-0.25, -0.2) is 4.79 Å². The molecule has 8 nitrogen and oxygen atoms in total. The van der Waals surface area contributed by atoms with Crippen LogP contribution in [0, 0.1) is 0 Å². The first-order valence-electron chi connectivity index (χ1n) is 8.62. The van der Waals surface area contributed by atoms with Gasteiger partial charge >= 0.3 is 6.03 Å². The number of rotatable bonds is 5. The lowest BCUT2D eigenvalue weighted by Crippen LogP contribution is -2.50. The van der Waals surface area contributed by atoms with Crippen LogP contribution in [0.3, 0.4) is 0 Å². The molecule has 0 radical (unpaired) electrons. The topological polar surface area (TPSA) is 69.1 Å². The molecule has 0 unspecified atom stereocenters. The molecule has 2 saturated heterocycles. The van der Waals surface area contributed by atoms with Gasteiger partial charge < -0.3 is 14.4 Å². The van der Waals surface area contributed by atoms with Crippen LogP contribution in [0.15, 0.2) is 24.5 Å². The maximum atomic E-state index is 12.5. The zero-order valence-electron chi connectivity index (χ0n) is 14.8. The fourth-order valence-corrected chi connectivity index (χ4v) is 3.37. The third kappa shape index (κ3) is 3.68. The highest BCUT2D eigenvalue weighted by atomic mass is 16.2. The second-order valence-corrected chi connectivity index (χ2v) is 6.65. The number of imide groups is 1. The predicted molar refractivity (Wildman–Crippen MR) is 91.8 cm³/mol. The molecule has 0 aliphatic carbocycles. The molecule has 0 spiro atoms. The summed E-state index contributed by atoms with van der Waals surface area (Å²) in [6, 6.07) is 3.01. The summed E-state index contributed by atoms with van der Waals surface area (Å²) in [5, 5.41) is 0. The Labute approximate surface area is 147 Å². The molecular formula is C17H25N5O3. The Balaban J connectivity index is 1.45. The molecule has 1 aromatic heterocycles. The molecule has 1 aromatic rings. The molecule has 0 bridgehead atoms. The van der Waals surface area contributed by atoms with Gasteiger partial charge in [-0.05, 0) is 12.1 Å². The number of carbonyl (C=O) groups excluding carboxylic acids is 3. The number of nitrogens with zero attached hydrogens (tertiary/aromatic N) is 5. The summed E-state index contributed by atoms with van der Waals surface area (Å²) in [4.78, 5) is 43.0. The molecule has 3 heterocycles. The average Bonchev–Trinajstić information content (AvgIpc) is 3.20. The standard InChI is InChI=1S/C17H25N5O3/c1-18-14(16(24)19(2)17(18)25)13-15(23)22-11-9-21(10-12-22)8-7-20-5-3-4-6-20/h3-6,14H,7-13H2,1-2H3/t14-/m1/s1. The van der Waals surface area contributed by atoms with Crippen LogP contribution in [0.2, 0.25) is 0 Å². The molecule has 3 rings (SSSR count). The molecule has 2 aliphatic heterocycles. The van der Waals surface area contributed by atoms with E-state index in [1.807, 2.05) is 24.5 Å². The Bertz CT molecular complexity index is 637. The first-order valence-corrected chi connectivity index (χ1v) is 8.62.